The fraction of sp³-hybridized carbons (Fsp3) is 0.615. The highest BCUT2D eigenvalue weighted by Gasteiger charge is 2.14. The molecule has 0 saturated carbocycles. The Kier molecular flexibility index (Phi) is 5.72. The monoisotopic (exact) mass is 255 g/mol. The Bertz CT molecular complexity index is 371. The van der Waals surface area contributed by atoms with Crippen molar-refractivity contribution in [1.29, 1.82) is 0 Å². The Morgan fingerprint density at radius 2 is 2.24 bits per heavy atom. The summed E-state index contributed by atoms with van der Waals surface area (Å²) in [7, 11) is 0. The highest BCUT2D eigenvalue weighted by atomic mass is 35.5. The average Bonchev–Trinajstić information content (AvgIpc) is 2.63. The van der Waals surface area contributed by atoms with E-state index in [2.05, 4.69) is 37.8 Å². The van der Waals surface area contributed by atoms with Gasteiger partial charge in [-0.1, -0.05) is 24.6 Å². The highest BCUT2D eigenvalue weighted by molar-refractivity contribution is 6.31. The van der Waals surface area contributed by atoms with Crippen LogP contribution in [0.1, 0.15) is 38.6 Å². The lowest BCUT2D eigenvalue weighted by molar-refractivity contribution is 0.519. The Morgan fingerprint density at radius 1 is 1.53 bits per heavy atom. The molecule has 0 aliphatic rings. The van der Waals surface area contributed by atoms with Gasteiger partial charge in [-0.25, -0.2) is 0 Å². The fourth-order valence-electron chi connectivity index (χ4n) is 1.79. The lowest BCUT2D eigenvalue weighted by atomic mass is 10.2. The minimum atomic E-state index is 0.411. The number of nitrogens with one attached hydrogen (secondary N) is 1. The molecule has 0 amide bonds. The number of hydrogen-bond acceptors (Lipinski definition) is 2. The second-order valence-electron chi connectivity index (χ2n) is 4.18. The Morgan fingerprint density at radius 3 is 2.76 bits per heavy atom. The fourth-order valence-corrected chi connectivity index (χ4v) is 2.13. The third-order valence-corrected chi connectivity index (χ3v) is 3.27. The van der Waals surface area contributed by atoms with E-state index in [0.717, 1.165) is 42.3 Å². The van der Waals surface area contributed by atoms with Crippen molar-refractivity contribution in [3.8, 4) is 0 Å². The van der Waals surface area contributed by atoms with Crippen LogP contribution in [0.2, 0.25) is 5.02 Å². The summed E-state index contributed by atoms with van der Waals surface area (Å²) in [5, 5.41) is 8.74. The number of hydrogen-bond donors (Lipinski definition) is 1. The molecule has 1 aromatic heterocycles. The molecule has 0 fully saturated rings. The van der Waals surface area contributed by atoms with Crippen LogP contribution in [0.15, 0.2) is 12.7 Å². The van der Waals surface area contributed by atoms with Crippen LogP contribution in [0.5, 0.6) is 0 Å². The summed E-state index contributed by atoms with van der Waals surface area (Å²) in [6.07, 6.45) is 3.76. The molecule has 0 bridgehead atoms. The second-order valence-corrected chi connectivity index (χ2v) is 4.56. The maximum absolute atomic E-state index is 6.33. The molecule has 1 atom stereocenters. The van der Waals surface area contributed by atoms with Crippen LogP contribution in [-0.4, -0.2) is 15.8 Å². The topological polar surface area (TPSA) is 29.9 Å². The number of nitrogens with zero attached hydrogens (tertiary/aromatic N) is 2. The van der Waals surface area contributed by atoms with Gasteiger partial charge in [0.15, 0.2) is 0 Å². The number of halogens is 1. The summed E-state index contributed by atoms with van der Waals surface area (Å²) in [5.74, 6) is 0. The molecular formula is C13H22ClN3. The molecule has 1 heterocycles. The molecule has 0 aliphatic carbocycles. The van der Waals surface area contributed by atoms with E-state index in [1.54, 1.807) is 0 Å². The summed E-state index contributed by atoms with van der Waals surface area (Å²) in [6, 6.07) is 0.411. The van der Waals surface area contributed by atoms with Gasteiger partial charge in [0, 0.05) is 19.1 Å². The minimum Gasteiger partial charge on any atom is -0.308 e. The van der Waals surface area contributed by atoms with Gasteiger partial charge in [-0.2, -0.15) is 5.10 Å². The van der Waals surface area contributed by atoms with Gasteiger partial charge >= 0.3 is 0 Å². The third-order valence-electron chi connectivity index (χ3n) is 2.83. The van der Waals surface area contributed by atoms with Gasteiger partial charge < -0.3 is 5.32 Å². The molecule has 96 valence electrons. The summed E-state index contributed by atoms with van der Waals surface area (Å²) in [6.45, 7) is 11.7. The van der Waals surface area contributed by atoms with Crippen LogP contribution in [-0.2, 0) is 19.5 Å². The first-order valence-electron chi connectivity index (χ1n) is 6.22. The average molecular weight is 256 g/mol. The van der Waals surface area contributed by atoms with E-state index >= 15 is 0 Å². The van der Waals surface area contributed by atoms with Gasteiger partial charge in [-0.3, -0.25) is 4.68 Å². The lowest BCUT2D eigenvalue weighted by Crippen LogP contribution is -2.26. The first-order chi connectivity index (χ1) is 8.13. The van der Waals surface area contributed by atoms with E-state index in [1.165, 1.54) is 0 Å². The van der Waals surface area contributed by atoms with Crippen molar-refractivity contribution in [3.63, 3.8) is 0 Å². The van der Waals surface area contributed by atoms with Crippen molar-refractivity contribution >= 4 is 11.6 Å². The van der Waals surface area contributed by atoms with Crippen LogP contribution >= 0.6 is 11.6 Å². The summed E-state index contributed by atoms with van der Waals surface area (Å²) >= 11 is 6.33. The largest absolute Gasteiger partial charge is 0.308 e. The zero-order valence-electron chi connectivity index (χ0n) is 11.0. The molecule has 0 aliphatic heterocycles. The molecule has 4 heteroatoms. The van der Waals surface area contributed by atoms with Crippen molar-refractivity contribution < 1.29 is 0 Å². The quantitative estimate of drug-likeness (QED) is 0.759. The standard InChI is InChI=1S/C13H22ClN3/c1-5-8-10(4)15-9-12-13(14)11(6-2)16-17(12)7-3/h5,10,15H,1,6-9H2,2-4H3. The van der Waals surface area contributed by atoms with Crippen molar-refractivity contribution in [1.82, 2.24) is 15.1 Å². The molecule has 1 rings (SSSR count). The number of rotatable bonds is 7. The maximum Gasteiger partial charge on any atom is 0.0863 e. The van der Waals surface area contributed by atoms with Crippen LogP contribution in [0.3, 0.4) is 0 Å². The normalized spacial score (nSPS) is 12.7. The molecule has 0 saturated heterocycles. The van der Waals surface area contributed by atoms with Gasteiger partial charge in [-0.05, 0) is 26.7 Å². The molecule has 1 unspecified atom stereocenters. The molecule has 0 aromatic carbocycles. The van der Waals surface area contributed by atoms with Gasteiger partial charge in [0.1, 0.15) is 0 Å². The van der Waals surface area contributed by atoms with Crippen LogP contribution in [0, 0.1) is 0 Å². The zero-order chi connectivity index (χ0) is 12.8. The summed E-state index contributed by atoms with van der Waals surface area (Å²) in [5.41, 5.74) is 2.07. The number of aromatic nitrogens is 2. The minimum absolute atomic E-state index is 0.411. The molecular weight excluding hydrogens is 234 g/mol. The molecule has 3 nitrogen and oxygen atoms in total. The van der Waals surface area contributed by atoms with E-state index in [-0.39, 0.29) is 0 Å². The zero-order valence-corrected chi connectivity index (χ0v) is 11.7. The highest BCUT2D eigenvalue weighted by Crippen LogP contribution is 2.21. The summed E-state index contributed by atoms with van der Waals surface area (Å²) < 4.78 is 1.98. The first-order valence-corrected chi connectivity index (χ1v) is 6.60. The van der Waals surface area contributed by atoms with E-state index in [1.807, 2.05) is 10.8 Å². The van der Waals surface area contributed by atoms with E-state index in [9.17, 15) is 0 Å². The second kappa shape index (κ2) is 6.82. The smallest absolute Gasteiger partial charge is 0.0863 e. The predicted molar refractivity (Wildman–Crippen MR) is 73.4 cm³/mol. The van der Waals surface area contributed by atoms with Crippen molar-refractivity contribution in [2.24, 2.45) is 0 Å². The molecule has 0 radical (unpaired) electrons. The van der Waals surface area contributed by atoms with Crippen molar-refractivity contribution in [3.05, 3.63) is 29.1 Å². The van der Waals surface area contributed by atoms with Crippen LogP contribution in [0.4, 0.5) is 0 Å². The predicted octanol–water partition coefficient (Wildman–Crippen LogP) is 3.17. The maximum atomic E-state index is 6.33. The molecule has 0 spiro atoms. The van der Waals surface area contributed by atoms with E-state index in [0.29, 0.717) is 6.04 Å². The van der Waals surface area contributed by atoms with Gasteiger partial charge in [0.05, 0.1) is 16.4 Å². The van der Waals surface area contributed by atoms with Gasteiger partial charge in [0.2, 0.25) is 0 Å². The molecule has 17 heavy (non-hydrogen) atoms. The van der Waals surface area contributed by atoms with E-state index < -0.39 is 0 Å². The van der Waals surface area contributed by atoms with Crippen LogP contribution in [0.25, 0.3) is 0 Å². The Balaban J connectivity index is 2.75. The Hall–Kier alpha value is -0.800. The molecule has 1 aromatic rings. The summed E-state index contributed by atoms with van der Waals surface area (Å²) in [4.78, 5) is 0. The van der Waals surface area contributed by atoms with Crippen molar-refractivity contribution in [2.45, 2.75) is 52.7 Å². The van der Waals surface area contributed by atoms with Crippen LogP contribution < -0.4 is 5.32 Å². The van der Waals surface area contributed by atoms with Gasteiger partial charge in [0.25, 0.3) is 0 Å². The Labute approximate surface area is 109 Å². The SMILES string of the molecule is C=CCC(C)NCc1c(Cl)c(CC)nn1CC. The molecule has 1 N–H and O–H groups in total. The lowest BCUT2D eigenvalue weighted by Gasteiger charge is -2.12. The van der Waals surface area contributed by atoms with Gasteiger partial charge in [-0.15, -0.1) is 6.58 Å². The van der Waals surface area contributed by atoms with Crippen molar-refractivity contribution in [2.75, 3.05) is 0 Å². The first kappa shape index (κ1) is 14.3. The van der Waals surface area contributed by atoms with E-state index in [4.69, 9.17) is 11.6 Å². The number of aryl methyl sites for hydroxylation is 2. The third kappa shape index (κ3) is 3.58.